The molecule has 1 amide bonds. The fourth-order valence-corrected chi connectivity index (χ4v) is 3.52. The van der Waals surface area contributed by atoms with Crippen LogP contribution in [0, 0.1) is 11.8 Å². The van der Waals surface area contributed by atoms with Crippen molar-refractivity contribution in [1.82, 2.24) is 4.90 Å². The minimum absolute atomic E-state index is 0. The molecule has 19 heavy (non-hydrogen) atoms. The molecule has 2 N–H and O–H groups in total. The highest BCUT2D eigenvalue weighted by molar-refractivity contribution is 5.85. The van der Waals surface area contributed by atoms with Crippen LogP contribution in [0.15, 0.2) is 0 Å². The summed E-state index contributed by atoms with van der Waals surface area (Å²) in [5, 5.41) is 0. The van der Waals surface area contributed by atoms with Gasteiger partial charge in [-0.25, -0.2) is 0 Å². The van der Waals surface area contributed by atoms with E-state index in [1.165, 1.54) is 32.1 Å². The van der Waals surface area contributed by atoms with Crippen molar-refractivity contribution in [2.45, 2.75) is 70.4 Å². The summed E-state index contributed by atoms with van der Waals surface area (Å²) in [4.78, 5) is 14.3. The van der Waals surface area contributed by atoms with E-state index in [1.54, 1.807) is 0 Å². The van der Waals surface area contributed by atoms with Crippen LogP contribution in [0.1, 0.15) is 58.3 Å². The quantitative estimate of drug-likeness (QED) is 0.868. The van der Waals surface area contributed by atoms with Crippen molar-refractivity contribution in [3.63, 3.8) is 0 Å². The summed E-state index contributed by atoms with van der Waals surface area (Å²) in [6.07, 6.45) is 9.01. The Labute approximate surface area is 123 Å². The van der Waals surface area contributed by atoms with Gasteiger partial charge in [0.2, 0.25) is 5.91 Å². The van der Waals surface area contributed by atoms with Crippen molar-refractivity contribution in [1.29, 1.82) is 0 Å². The van der Waals surface area contributed by atoms with Crippen LogP contribution in [0.2, 0.25) is 0 Å². The standard InChI is InChI=1S/C15H28N2O.ClH/c1-11-6-8-13(9-7-11)17(2)15(18)10-12-4-3-5-14(12)16;/h11-14H,3-10,16H2,1-2H3;1H/t11?,12-,13?,14+;/m0./s1. The fraction of sp³-hybridized carbons (Fsp3) is 0.933. The molecule has 2 saturated carbocycles. The topological polar surface area (TPSA) is 46.3 Å². The van der Waals surface area contributed by atoms with Crippen LogP contribution in [-0.4, -0.2) is 29.9 Å². The maximum Gasteiger partial charge on any atom is 0.222 e. The SMILES string of the molecule is CC1CCC(N(C)C(=O)C[C@@H]2CCC[C@H]2N)CC1.Cl. The lowest BCUT2D eigenvalue weighted by Gasteiger charge is -2.34. The molecule has 0 aromatic heterocycles. The molecule has 0 spiro atoms. The van der Waals surface area contributed by atoms with Gasteiger partial charge >= 0.3 is 0 Å². The van der Waals surface area contributed by atoms with Gasteiger partial charge in [0.1, 0.15) is 0 Å². The average molecular weight is 289 g/mol. The first-order chi connectivity index (χ1) is 8.58. The van der Waals surface area contributed by atoms with Crippen molar-refractivity contribution in [2.75, 3.05) is 7.05 Å². The molecule has 2 aliphatic rings. The lowest BCUT2D eigenvalue weighted by atomic mass is 9.86. The van der Waals surface area contributed by atoms with E-state index in [-0.39, 0.29) is 18.4 Å². The molecule has 0 heterocycles. The number of nitrogens with zero attached hydrogens (tertiary/aromatic N) is 1. The van der Waals surface area contributed by atoms with Crippen LogP contribution >= 0.6 is 12.4 Å². The van der Waals surface area contributed by atoms with Gasteiger partial charge in [-0.1, -0.05) is 13.3 Å². The first-order valence-electron chi connectivity index (χ1n) is 7.59. The van der Waals surface area contributed by atoms with Crippen molar-refractivity contribution < 1.29 is 4.79 Å². The summed E-state index contributed by atoms with van der Waals surface area (Å²) in [6, 6.07) is 0.736. The highest BCUT2D eigenvalue weighted by Crippen LogP contribution is 2.30. The summed E-state index contributed by atoms with van der Waals surface area (Å²) < 4.78 is 0. The summed E-state index contributed by atoms with van der Waals surface area (Å²) >= 11 is 0. The van der Waals surface area contributed by atoms with E-state index < -0.39 is 0 Å². The molecule has 0 aromatic rings. The second kappa shape index (κ2) is 7.49. The zero-order valence-corrected chi connectivity index (χ0v) is 13.1. The Morgan fingerprint density at radius 2 is 1.79 bits per heavy atom. The highest BCUT2D eigenvalue weighted by Gasteiger charge is 2.30. The summed E-state index contributed by atoms with van der Waals surface area (Å²) in [5.74, 6) is 1.59. The van der Waals surface area contributed by atoms with Gasteiger partial charge in [0.15, 0.2) is 0 Å². The summed E-state index contributed by atoms with van der Waals surface area (Å²) in [5.41, 5.74) is 6.05. The normalized spacial score (nSPS) is 34.7. The molecule has 2 atom stereocenters. The molecule has 0 saturated heterocycles. The predicted octanol–water partition coefficient (Wildman–Crippen LogP) is 2.96. The van der Waals surface area contributed by atoms with E-state index >= 15 is 0 Å². The van der Waals surface area contributed by atoms with Gasteiger partial charge in [0.25, 0.3) is 0 Å². The molecular weight excluding hydrogens is 260 g/mol. The van der Waals surface area contributed by atoms with E-state index in [2.05, 4.69) is 6.92 Å². The minimum Gasteiger partial charge on any atom is -0.343 e. The van der Waals surface area contributed by atoms with Crippen molar-refractivity contribution >= 4 is 18.3 Å². The Morgan fingerprint density at radius 3 is 2.32 bits per heavy atom. The predicted molar refractivity (Wildman–Crippen MR) is 81.4 cm³/mol. The number of rotatable bonds is 3. The Kier molecular flexibility index (Phi) is 6.61. The Morgan fingerprint density at radius 1 is 1.16 bits per heavy atom. The van der Waals surface area contributed by atoms with Gasteiger partial charge in [0, 0.05) is 25.6 Å². The smallest absolute Gasteiger partial charge is 0.222 e. The van der Waals surface area contributed by atoms with Gasteiger partial charge < -0.3 is 10.6 Å². The molecule has 112 valence electrons. The van der Waals surface area contributed by atoms with Gasteiger partial charge in [-0.2, -0.15) is 0 Å². The molecule has 2 fully saturated rings. The fourth-order valence-electron chi connectivity index (χ4n) is 3.52. The zero-order chi connectivity index (χ0) is 13.1. The van der Waals surface area contributed by atoms with Gasteiger partial charge in [-0.3, -0.25) is 4.79 Å². The van der Waals surface area contributed by atoms with Crippen molar-refractivity contribution in [3.05, 3.63) is 0 Å². The van der Waals surface area contributed by atoms with E-state index in [9.17, 15) is 4.79 Å². The van der Waals surface area contributed by atoms with E-state index in [1.807, 2.05) is 11.9 Å². The molecule has 0 aromatic carbocycles. The van der Waals surface area contributed by atoms with Crippen LogP contribution in [0.3, 0.4) is 0 Å². The first-order valence-corrected chi connectivity index (χ1v) is 7.59. The average Bonchev–Trinajstić information content (AvgIpc) is 2.75. The molecule has 0 aliphatic heterocycles. The maximum atomic E-state index is 12.3. The number of halogens is 1. The molecule has 0 radical (unpaired) electrons. The second-order valence-electron chi connectivity index (χ2n) is 6.48. The second-order valence-corrected chi connectivity index (χ2v) is 6.48. The van der Waals surface area contributed by atoms with Crippen molar-refractivity contribution in [2.24, 2.45) is 17.6 Å². The van der Waals surface area contributed by atoms with Crippen molar-refractivity contribution in [3.8, 4) is 0 Å². The van der Waals surface area contributed by atoms with Gasteiger partial charge in [-0.15, -0.1) is 12.4 Å². The molecule has 3 nitrogen and oxygen atoms in total. The van der Waals surface area contributed by atoms with Crippen LogP contribution in [0.5, 0.6) is 0 Å². The van der Waals surface area contributed by atoms with E-state index in [0.717, 1.165) is 18.8 Å². The van der Waals surface area contributed by atoms with Crippen LogP contribution < -0.4 is 5.73 Å². The largest absolute Gasteiger partial charge is 0.343 e. The molecule has 2 aliphatic carbocycles. The molecular formula is C15H29ClN2O. The van der Waals surface area contributed by atoms with E-state index in [4.69, 9.17) is 5.73 Å². The van der Waals surface area contributed by atoms with Crippen LogP contribution in [0.25, 0.3) is 0 Å². The van der Waals surface area contributed by atoms with Gasteiger partial charge in [0.05, 0.1) is 0 Å². The number of amides is 1. The van der Waals surface area contributed by atoms with E-state index in [0.29, 0.717) is 24.3 Å². The van der Waals surface area contributed by atoms with Crippen LogP contribution in [0.4, 0.5) is 0 Å². The highest BCUT2D eigenvalue weighted by atomic mass is 35.5. The number of carbonyl (C=O) groups is 1. The third-order valence-electron chi connectivity index (χ3n) is 5.08. The Balaban J connectivity index is 0.00000180. The monoisotopic (exact) mass is 288 g/mol. The first kappa shape index (κ1) is 16.8. The summed E-state index contributed by atoms with van der Waals surface area (Å²) in [7, 11) is 1.99. The third kappa shape index (κ3) is 4.35. The number of hydrogen-bond donors (Lipinski definition) is 1. The lowest BCUT2D eigenvalue weighted by molar-refractivity contribution is -0.133. The third-order valence-corrected chi connectivity index (χ3v) is 5.08. The molecule has 0 bridgehead atoms. The Bertz CT molecular complexity index is 290. The molecule has 0 unspecified atom stereocenters. The Hall–Kier alpha value is -0.280. The summed E-state index contributed by atoms with van der Waals surface area (Å²) in [6.45, 7) is 2.32. The maximum absolute atomic E-state index is 12.3. The number of carbonyl (C=O) groups excluding carboxylic acids is 1. The lowest BCUT2D eigenvalue weighted by Crippen LogP contribution is -2.41. The molecule has 4 heteroatoms. The minimum atomic E-state index is 0. The number of nitrogens with two attached hydrogens (primary N) is 1. The van der Waals surface area contributed by atoms with Gasteiger partial charge in [-0.05, 0) is 50.4 Å². The molecule has 2 rings (SSSR count). The number of hydrogen-bond acceptors (Lipinski definition) is 2. The zero-order valence-electron chi connectivity index (χ0n) is 12.3. The van der Waals surface area contributed by atoms with Crippen LogP contribution in [-0.2, 0) is 4.79 Å².